The fourth-order valence-corrected chi connectivity index (χ4v) is 4.67. The number of benzene rings is 1. The number of nitrogens with one attached hydrogen (secondary N) is 3. The number of anilines is 1. The van der Waals surface area contributed by atoms with Gasteiger partial charge in [-0.25, -0.2) is 0 Å². The number of aromatic amines is 1. The highest BCUT2D eigenvalue weighted by Gasteiger charge is 2.40. The Morgan fingerprint density at radius 3 is 2.66 bits per heavy atom. The Morgan fingerprint density at radius 2 is 1.97 bits per heavy atom. The van der Waals surface area contributed by atoms with Crippen LogP contribution in [0.5, 0.6) is 0 Å². The summed E-state index contributed by atoms with van der Waals surface area (Å²) in [5.74, 6) is -0.0245. The van der Waals surface area contributed by atoms with E-state index < -0.39 is 0 Å². The molecule has 3 aromatic rings. The molecule has 7 heteroatoms. The lowest BCUT2D eigenvalue weighted by molar-refractivity contribution is -0.116. The van der Waals surface area contributed by atoms with Crippen molar-refractivity contribution in [3.05, 3.63) is 82.4 Å². The number of hydrogen-bond acceptors (Lipinski definition) is 3. The molecule has 1 amide bonds. The van der Waals surface area contributed by atoms with Crippen molar-refractivity contribution in [2.75, 3.05) is 11.9 Å². The number of aryl methyl sites for hydroxylation is 4. The highest BCUT2D eigenvalue weighted by atomic mass is 32.1. The molecule has 166 valence electrons. The second kappa shape index (κ2) is 9.12. The Kier molecular flexibility index (Phi) is 6.28. The molecule has 1 saturated heterocycles. The van der Waals surface area contributed by atoms with Gasteiger partial charge in [0.05, 0.1) is 17.8 Å². The number of hydrogen-bond donors (Lipinski definition) is 3. The van der Waals surface area contributed by atoms with E-state index in [2.05, 4.69) is 45.4 Å². The standard InChI is InChI=1S/C25H29N5OS/c1-15-8-9-16(2)21(13-15)28-22(31)10-12-30-24(19-14-17(3)27-18(19)4)23(29-25(30)32)20-7-5-6-11-26-20/h5-9,11,13-14,23-24,27H,10,12H2,1-4H3,(H,28,31)(H,29,32)/t23-,24+/m1/s1. The summed E-state index contributed by atoms with van der Waals surface area (Å²) in [6, 6.07) is 14.0. The van der Waals surface area contributed by atoms with Gasteiger partial charge in [-0.05, 0) is 80.9 Å². The fraction of sp³-hybridized carbons (Fsp3) is 0.320. The van der Waals surface area contributed by atoms with Crippen LogP contribution in [0, 0.1) is 27.7 Å². The Morgan fingerprint density at radius 1 is 1.16 bits per heavy atom. The van der Waals surface area contributed by atoms with Crippen LogP contribution in [-0.2, 0) is 4.79 Å². The van der Waals surface area contributed by atoms with Crippen molar-refractivity contribution in [2.24, 2.45) is 0 Å². The van der Waals surface area contributed by atoms with Crippen LogP contribution < -0.4 is 10.6 Å². The number of aromatic nitrogens is 2. The van der Waals surface area contributed by atoms with Crippen LogP contribution in [0.25, 0.3) is 0 Å². The predicted molar refractivity (Wildman–Crippen MR) is 132 cm³/mol. The van der Waals surface area contributed by atoms with Gasteiger partial charge in [0.1, 0.15) is 0 Å². The minimum absolute atomic E-state index is 0.0245. The molecule has 1 aliphatic heterocycles. The van der Waals surface area contributed by atoms with Crippen LogP contribution in [-0.4, -0.2) is 32.4 Å². The zero-order chi connectivity index (χ0) is 22.8. The lowest BCUT2D eigenvalue weighted by Crippen LogP contribution is -2.32. The third kappa shape index (κ3) is 4.53. The van der Waals surface area contributed by atoms with Crippen molar-refractivity contribution in [3.63, 3.8) is 0 Å². The fourth-order valence-electron chi connectivity index (χ4n) is 4.34. The van der Waals surface area contributed by atoms with Crippen molar-refractivity contribution in [2.45, 2.75) is 46.2 Å². The van der Waals surface area contributed by atoms with Crippen LogP contribution >= 0.6 is 12.2 Å². The molecule has 0 saturated carbocycles. The second-order valence-electron chi connectivity index (χ2n) is 8.47. The number of carbonyl (C=O) groups excluding carboxylic acids is 1. The SMILES string of the molecule is Cc1ccc(C)c(NC(=O)CCN2C(=S)N[C@H](c3ccccn3)[C@@H]2c2cc(C)[nH]c2C)c1. The molecule has 4 rings (SSSR count). The Bertz CT molecular complexity index is 1140. The smallest absolute Gasteiger partial charge is 0.226 e. The molecule has 32 heavy (non-hydrogen) atoms. The molecular formula is C25H29N5OS. The summed E-state index contributed by atoms with van der Waals surface area (Å²) in [4.78, 5) is 22.9. The molecular weight excluding hydrogens is 418 g/mol. The first-order chi connectivity index (χ1) is 15.3. The number of pyridine rings is 1. The summed E-state index contributed by atoms with van der Waals surface area (Å²) in [6.07, 6.45) is 2.13. The number of thiocarbonyl (C=S) groups is 1. The molecule has 2 atom stereocenters. The first-order valence-electron chi connectivity index (χ1n) is 10.8. The van der Waals surface area contributed by atoms with Crippen molar-refractivity contribution in [1.82, 2.24) is 20.2 Å². The number of H-pyrrole nitrogens is 1. The van der Waals surface area contributed by atoms with Gasteiger partial charge in [-0.15, -0.1) is 0 Å². The normalized spacial score (nSPS) is 18.0. The topological polar surface area (TPSA) is 73.1 Å². The predicted octanol–water partition coefficient (Wildman–Crippen LogP) is 4.64. The highest BCUT2D eigenvalue weighted by Crippen LogP contribution is 2.40. The molecule has 3 N–H and O–H groups in total. The largest absolute Gasteiger partial charge is 0.362 e. The van der Waals surface area contributed by atoms with E-state index in [0.717, 1.165) is 33.9 Å². The minimum atomic E-state index is -0.0836. The lowest BCUT2D eigenvalue weighted by atomic mass is 9.96. The van der Waals surface area contributed by atoms with Gasteiger partial charge in [0.25, 0.3) is 0 Å². The average molecular weight is 448 g/mol. The zero-order valence-corrected chi connectivity index (χ0v) is 19.7. The molecule has 1 aliphatic rings. The van der Waals surface area contributed by atoms with Gasteiger partial charge < -0.3 is 20.5 Å². The zero-order valence-electron chi connectivity index (χ0n) is 18.9. The molecule has 3 heterocycles. The van der Waals surface area contributed by atoms with Crippen molar-refractivity contribution in [1.29, 1.82) is 0 Å². The number of carbonyl (C=O) groups is 1. The van der Waals surface area contributed by atoms with Gasteiger partial charge >= 0.3 is 0 Å². The monoisotopic (exact) mass is 447 g/mol. The molecule has 0 aliphatic carbocycles. The van der Waals surface area contributed by atoms with Crippen LogP contribution in [0.15, 0.2) is 48.7 Å². The summed E-state index contributed by atoms with van der Waals surface area (Å²) in [5, 5.41) is 7.14. The molecule has 0 radical (unpaired) electrons. The van der Waals surface area contributed by atoms with E-state index in [1.54, 1.807) is 6.20 Å². The highest BCUT2D eigenvalue weighted by molar-refractivity contribution is 7.80. The van der Waals surface area contributed by atoms with E-state index in [1.807, 2.05) is 50.2 Å². The lowest BCUT2D eigenvalue weighted by Gasteiger charge is -2.27. The van der Waals surface area contributed by atoms with Crippen molar-refractivity contribution < 1.29 is 4.79 Å². The van der Waals surface area contributed by atoms with E-state index in [4.69, 9.17) is 12.2 Å². The van der Waals surface area contributed by atoms with Crippen LogP contribution in [0.3, 0.4) is 0 Å². The van der Waals surface area contributed by atoms with Gasteiger partial charge in [0.15, 0.2) is 5.11 Å². The second-order valence-corrected chi connectivity index (χ2v) is 8.86. The third-order valence-electron chi connectivity index (χ3n) is 5.95. The summed E-state index contributed by atoms with van der Waals surface area (Å²) < 4.78 is 0. The van der Waals surface area contributed by atoms with Gasteiger partial charge in [0.2, 0.25) is 5.91 Å². The van der Waals surface area contributed by atoms with Crippen LogP contribution in [0.4, 0.5) is 5.69 Å². The van der Waals surface area contributed by atoms with E-state index >= 15 is 0 Å². The summed E-state index contributed by atoms with van der Waals surface area (Å²) >= 11 is 5.71. The van der Waals surface area contributed by atoms with E-state index in [0.29, 0.717) is 18.1 Å². The first kappa shape index (κ1) is 22.0. The average Bonchev–Trinajstić information content (AvgIpc) is 3.27. The van der Waals surface area contributed by atoms with Crippen molar-refractivity contribution >= 4 is 28.9 Å². The Labute approximate surface area is 194 Å². The quantitative estimate of drug-likeness (QED) is 0.480. The first-order valence-corrected chi connectivity index (χ1v) is 11.3. The molecule has 1 aromatic carbocycles. The van der Waals surface area contributed by atoms with Crippen molar-refractivity contribution in [3.8, 4) is 0 Å². The molecule has 0 bridgehead atoms. The van der Waals surface area contributed by atoms with Crippen LogP contribution in [0.2, 0.25) is 0 Å². The van der Waals surface area contributed by atoms with E-state index in [-0.39, 0.29) is 18.0 Å². The van der Waals surface area contributed by atoms with Gasteiger partial charge in [-0.3, -0.25) is 9.78 Å². The minimum Gasteiger partial charge on any atom is -0.362 e. The van der Waals surface area contributed by atoms with Crippen LogP contribution in [0.1, 0.15) is 52.3 Å². The molecule has 6 nitrogen and oxygen atoms in total. The number of amides is 1. The van der Waals surface area contributed by atoms with Gasteiger partial charge in [-0.2, -0.15) is 0 Å². The van der Waals surface area contributed by atoms with Gasteiger partial charge in [-0.1, -0.05) is 18.2 Å². The number of nitrogens with zero attached hydrogens (tertiary/aromatic N) is 2. The Hall–Kier alpha value is -3.19. The summed E-state index contributed by atoms with van der Waals surface area (Å²) in [5.41, 5.74) is 7.33. The Balaban J connectivity index is 1.56. The van der Waals surface area contributed by atoms with E-state index in [1.165, 1.54) is 5.56 Å². The molecule has 1 fully saturated rings. The summed E-state index contributed by atoms with van der Waals surface area (Å²) in [6.45, 7) is 8.66. The third-order valence-corrected chi connectivity index (χ3v) is 6.31. The maximum absolute atomic E-state index is 12.8. The van der Waals surface area contributed by atoms with E-state index in [9.17, 15) is 4.79 Å². The van der Waals surface area contributed by atoms with Gasteiger partial charge in [0, 0.05) is 36.2 Å². The summed E-state index contributed by atoms with van der Waals surface area (Å²) in [7, 11) is 0. The maximum Gasteiger partial charge on any atom is 0.226 e. The molecule has 0 unspecified atom stereocenters. The molecule has 0 spiro atoms. The number of rotatable bonds is 6. The maximum atomic E-state index is 12.8. The molecule has 2 aromatic heterocycles.